The van der Waals surface area contributed by atoms with Crippen molar-refractivity contribution in [2.24, 2.45) is 0 Å². The third-order valence-electron chi connectivity index (χ3n) is 6.11. The van der Waals surface area contributed by atoms with Crippen molar-refractivity contribution in [1.29, 1.82) is 0 Å². The van der Waals surface area contributed by atoms with Crippen LogP contribution in [0.5, 0.6) is 5.75 Å². The van der Waals surface area contributed by atoms with Crippen LogP contribution in [0, 0.1) is 17.0 Å². The highest BCUT2D eigenvalue weighted by Crippen LogP contribution is 2.35. The van der Waals surface area contributed by atoms with E-state index in [2.05, 4.69) is 25.2 Å². The minimum absolute atomic E-state index is 0.143. The summed E-state index contributed by atoms with van der Waals surface area (Å²) in [5, 5.41) is 16.2. The Hall–Kier alpha value is -4.47. The number of benzene rings is 2. The van der Waals surface area contributed by atoms with E-state index in [1.54, 1.807) is 7.11 Å². The molecule has 1 aliphatic rings. The minimum atomic E-state index is -0.419. The summed E-state index contributed by atoms with van der Waals surface area (Å²) < 4.78 is 5.24. The molecule has 1 aliphatic heterocycles. The number of aromatic nitrogens is 3. The third-order valence-corrected chi connectivity index (χ3v) is 6.11. The lowest BCUT2D eigenvalue weighted by atomic mass is 10.1. The first kappa shape index (κ1) is 22.3. The molecule has 0 atom stereocenters. The molecule has 0 radical (unpaired) electrons. The maximum atomic E-state index is 12.2. The van der Waals surface area contributed by atoms with Gasteiger partial charge in [-0.25, -0.2) is 9.97 Å². The zero-order valence-corrected chi connectivity index (χ0v) is 19.5. The fourth-order valence-electron chi connectivity index (χ4n) is 4.30. The molecule has 0 saturated carbocycles. The summed E-state index contributed by atoms with van der Waals surface area (Å²) >= 11 is 0. The van der Waals surface area contributed by atoms with Crippen molar-refractivity contribution in [3.8, 4) is 5.75 Å². The molecular weight excluding hydrogens is 446 g/mol. The Bertz CT molecular complexity index is 1370. The Labute approximate surface area is 202 Å². The molecule has 3 heterocycles. The molecule has 1 fully saturated rings. The van der Waals surface area contributed by atoms with Gasteiger partial charge in [0.15, 0.2) is 0 Å². The number of nitrogens with zero attached hydrogens (tertiary/aromatic N) is 6. The summed E-state index contributed by atoms with van der Waals surface area (Å²) in [5.41, 5.74) is 3.19. The molecule has 178 valence electrons. The Morgan fingerprint density at radius 2 is 1.71 bits per heavy atom. The van der Waals surface area contributed by atoms with E-state index in [9.17, 15) is 10.1 Å². The maximum Gasteiger partial charge on any atom is 0.353 e. The predicted molar refractivity (Wildman–Crippen MR) is 136 cm³/mol. The highest BCUT2D eigenvalue weighted by Gasteiger charge is 2.29. The number of anilines is 4. The molecule has 0 bridgehead atoms. The standard InChI is InChI=1S/C25H25N7O3/c1-17-6-7-18-4-3-5-21(22(18)28-17)29-24-23(32(33)34)25(27-16-26-24)31-14-12-30(13-15-31)19-8-10-20(35-2)11-9-19/h3-11,16H,12-15H2,1-2H3,(H,26,27,29). The zero-order valence-electron chi connectivity index (χ0n) is 19.5. The van der Waals surface area contributed by atoms with Gasteiger partial charge in [0.1, 0.15) is 12.1 Å². The van der Waals surface area contributed by atoms with Gasteiger partial charge in [-0.1, -0.05) is 18.2 Å². The van der Waals surface area contributed by atoms with E-state index in [0.29, 0.717) is 37.7 Å². The summed E-state index contributed by atoms with van der Waals surface area (Å²) in [6.07, 6.45) is 1.37. The topological polar surface area (TPSA) is 110 Å². The molecule has 2 aromatic heterocycles. The molecule has 4 aromatic rings. The van der Waals surface area contributed by atoms with Crippen LogP contribution in [-0.2, 0) is 0 Å². The molecule has 0 amide bonds. The lowest BCUT2D eigenvalue weighted by Crippen LogP contribution is -2.47. The van der Waals surface area contributed by atoms with Crippen LogP contribution < -0.4 is 19.9 Å². The van der Waals surface area contributed by atoms with Crippen LogP contribution in [0.4, 0.5) is 28.7 Å². The van der Waals surface area contributed by atoms with E-state index >= 15 is 0 Å². The van der Waals surface area contributed by atoms with Gasteiger partial charge in [-0.3, -0.25) is 15.1 Å². The van der Waals surface area contributed by atoms with E-state index in [1.807, 2.05) is 66.4 Å². The summed E-state index contributed by atoms with van der Waals surface area (Å²) in [6, 6.07) is 17.5. The number of methoxy groups -OCH3 is 1. The Morgan fingerprint density at radius 3 is 2.43 bits per heavy atom. The number of ether oxygens (including phenoxy) is 1. The SMILES string of the molecule is COc1ccc(N2CCN(c3ncnc(Nc4cccc5ccc(C)nc45)c3[N+](=O)[O-])CC2)cc1. The smallest absolute Gasteiger partial charge is 0.353 e. The van der Waals surface area contributed by atoms with Crippen LogP contribution in [0.3, 0.4) is 0 Å². The fourth-order valence-corrected chi connectivity index (χ4v) is 4.30. The second-order valence-electron chi connectivity index (χ2n) is 8.28. The van der Waals surface area contributed by atoms with Crippen molar-refractivity contribution in [3.05, 3.63) is 76.7 Å². The van der Waals surface area contributed by atoms with Gasteiger partial charge >= 0.3 is 5.69 Å². The largest absolute Gasteiger partial charge is 0.497 e. The number of para-hydroxylation sites is 1. The van der Waals surface area contributed by atoms with Crippen LogP contribution in [0.1, 0.15) is 5.69 Å². The molecule has 10 heteroatoms. The van der Waals surface area contributed by atoms with Crippen LogP contribution in [0.15, 0.2) is 60.9 Å². The highest BCUT2D eigenvalue weighted by molar-refractivity contribution is 5.93. The number of pyridine rings is 1. The second kappa shape index (κ2) is 9.41. The number of fused-ring (bicyclic) bond motifs is 1. The molecule has 0 spiro atoms. The lowest BCUT2D eigenvalue weighted by Gasteiger charge is -2.36. The number of hydrogen-bond acceptors (Lipinski definition) is 9. The summed E-state index contributed by atoms with van der Waals surface area (Å²) in [5.74, 6) is 1.26. The maximum absolute atomic E-state index is 12.2. The normalized spacial score (nSPS) is 13.7. The van der Waals surface area contributed by atoms with Gasteiger partial charge < -0.3 is 19.9 Å². The number of nitrogens with one attached hydrogen (secondary N) is 1. The molecule has 0 aliphatic carbocycles. The molecule has 1 N–H and O–H groups in total. The molecule has 1 saturated heterocycles. The Kier molecular flexibility index (Phi) is 6.01. The van der Waals surface area contributed by atoms with Crippen LogP contribution >= 0.6 is 0 Å². The quantitative estimate of drug-likeness (QED) is 0.325. The Balaban J connectivity index is 1.41. The molecule has 0 unspecified atom stereocenters. The minimum Gasteiger partial charge on any atom is -0.497 e. The molecule has 2 aromatic carbocycles. The van der Waals surface area contributed by atoms with Crippen molar-refractivity contribution in [3.63, 3.8) is 0 Å². The molecule has 10 nitrogen and oxygen atoms in total. The number of nitro groups is 1. The van der Waals surface area contributed by atoms with Crippen molar-refractivity contribution < 1.29 is 9.66 Å². The van der Waals surface area contributed by atoms with Gasteiger partial charge in [0.2, 0.25) is 11.6 Å². The summed E-state index contributed by atoms with van der Waals surface area (Å²) in [6.45, 7) is 4.52. The average molecular weight is 472 g/mol. The van der Waals surface area contributed by atoms with Crippen LogP contribution in [0.25, 0.3) is 10.9 Å². The summed E-state index contributed by atoms with van der Waals surface area (Å²) in [7, 11) is 1.64. The van der Waals surface area contributed by atoms with E-state index in [0.717, 1.165) is 28.0 Å². The van der Waals surface area contributed by atoms with Crippen molar-refractivity contribution >= 4 is 39.6 Å². The summed E-state index contributed by atoms with van der Waals surface area (Å²) in [4.78, 5) is 29.1. The monoisotopic (exact) mass is 471 g/mol. The number of rotatable bonds is 6. The first-order valence-electron chi connectivity index (χ1n) is 11.3. The third kappa shape index (κ3) is 4.50. The van der Waals surface area contributed by atoms with Crippen LogP contribution in [0.2, 0.25) is 0 Å². The Morgan fingerprint density at radius 1 is 0.971 bits per heavy atom. The second-order valence-corrected chi connectivity index (χ2v) is 8.28. The average Bonchev–Trinajstić information content (AvgIpc) is 2.89. The number of piperazine rings is 1. The number of hydrogen-bond donors (Lipinski definition) is 1. The lowest BCUT2D eigenvalue weighted by molar-refractivity contribution is -0.383. The van der Waals surface area contributed by atoms with E-state index in [-0.39, 0.29) is 11.5 Å². The van der Waals surface area contributed by atoms with E-state index in [4.69, 9.17) is 4.74 Å². The first-order chi connectivity index (χ1) is 17.0. The molecule has 5 rings (SSSR count). The van der Waals surface area contributed by atoms with Crippen LogP contribution in [-0.4, -0.2) is 53.2 Å². The molecular formula is C25H25N7O3. The predicted octanol–water partition coefficient (Wildman–Crippen LogP) is 4.32. The van der Waals surface area contributed by atoms with Crippen molar-refractivity contribution in [2.75, 3.05) is 48.4 Å². The van der Waals surface area contributed by atoms with Gasteiger partial charge in [0.05, 0.1) is 23.2 Å². The highest BCUT2D eigenvalue weighted by atomic mass is 16.6. The van der Waals surface area contributed by atoms with Gasteiger partial charge in [-0.15, -0.1) is 0 Å². The number of aryl methyl sites for hydroxylation is 1. The van der Waals surface area contributed by atoms with Gasteiger partial charge in [0.25, 0.3) is 0 Å². The van der Waals surface area contributed by atoms with E-state index in [1.165, 1.54) is 6.33 Å². The van der Waals surface area contributed by atoms with Crippen molar-refractivity contribution in [1.82, 2.24) is 15.0 Å². The van der Waals surface area contributed by atoms with E-state index < -0.39 is 4.92 Å². The van der Waals surface area contributed by atoms with Gasteiger partial charge in [0, 0.05) is 42.9 Å². The molecule has 35 heavy (non-hydrogen) atoms. The first-order valence-corrected chi connectivity index (χ1v) is 11.3. The zero-order chi connectivity index (χ0) is 24.4. The van der Waals surface area contributed by atoms with Gasteiger partial charge in [-0.05, 0) is 43.3 Å². The van der Waals surface area contributed by atoms with Crippen molar-refractivity contribution in [2.45, 2.75) is 6.92 Å². The van der Waals surface area contributed by atoms with Gasteiger partial charge in [-0.2, -0.15) is 0 Å². The fraction of sp³-hybridized carbons (Fsp3) is 0.240.